The van der Waals surface area contributed by atoms with Gasteiger partial charge in [-0.2, -0.15) is 0 Å². The molecule has 7 nitrogen and oxygen atoms in total. The molecular formula is C22H19FN2O5. The summed E-state index contributed by atoms with van der Waals surface area (Å²) >= 11 is 0. The van der Waals surface area contributed by atoms with E-state index in [-0.39, 0.29) is 35.6 Å². The van der Waals surface area contributed by atoms with Crippen LogP contribution >= 0.6 is 0 Å². The molecule has 0 saturated heterocycles. The molecule has 0 radical (unpaired) electrons. The molecule has 3 amide bonds. The topological polar surface area (TPSA) is 84.0 Å². The summed E-state index contributed by atoms with van der Waals surface area (Å²) < 4.78 is 18.0. The molecule has 3 rings (SSSR count). The zero-order valence-corrected chi connectivity index (χ0v) is 16.3. The van der Waals surface area contributed by atoms with Crippen molar-refractivity contribution in [2.24, 2.45) is 0 Å². The highest BCUT2D eigenvalue weighted by Gasteiger charge is 2.35. The van der Waals surface area contributed by atoms with Gasteiger partial charge < -0.3 is 9.64 Å². The van der Waals surface area contributed by atoms with Crippen LogP contribution in [0.2, 0.25) is 0 Å². The maximum atomic E-state index is 13.0. The minimum Gasteiger partial charge on any atom is -0.452 e. The highest BCUT2D eigenvalue weighted by molar-refractivity contribution is 6.22. The summed E-state index contributed by atoms with van der Waals surface area (Å²) in [7, 11) is 1.54. The first-order chi connectivity index (χ1) is 14.3. The van der Waals surface area contributed by atoms with Crippen LogP contribution in [0.15, 0.2) is 55.1 Å². The van der Waals surface area contributed by atoms with Crippen LogP contribution in [-0.2, 0) is 16.1 Å². The number of carbonyl (C=O) groups is 4. The van der Waals surface area contributed by atoms with E-state index in [9.17, 15) is 23.6 Å². The van der Waals surface area contributed by atoms with Crippen molar-refractivity contribution in [3.63, 3.8) is 0 Å². The SMILES string of the molecule is C=CCN1C(=O)c2ccc(C(=O)OCC(=O)N(C)Cc3ccc(F)cc3)cc2C1=O. The maximum Gasteiger partial charge on any atom is 0.338 e. The van der Waals surface area contributed by atoms with E-state index in [4.69, 9.17) is 4.74 Å². The fourth-order valence-electron chi connectivity index (χ4n) is 2.99. The molecule has 1 aliphatic rings. The Morgan fingerprint density at radius 1 is 1.10 bits per heavy atom. The highest BCUT2D eigenvalue weighted by atomic mass is 19.1. The van der Waals surface area contributed by atoms with E-state index in [0.29, 0.717) is 0 Å². The Balaban J connectivity index is 1.61. The average Bonchev–Trinajstić information content (AvgIpc) is 2.98. The van der Waals surface area contributed by atoms with Gasteiger partial charge in [-0.25, -0.2) is 9.18 Å². The number of nitrogens with zero attached hydrogens (tertiary/aromatic N) is 2. The average molecular weight is 410 g/mol. The van der Waals surface area contributed by atoms with Gasteiger partial charge in [0.05, 0.1) is 16.7 Å². The standard InChI is InChI=1S/C22H19FN2O5/c1-3-10-25-20(27)17-9-6-15(11-18(17)21(25)28)22(29)30-13-19(26)24(2)12-14-4-7-16(23)8-5-14/h3-9,11H,1,10,12-13H2,2H3. The van der Waals surface area contributed by atoms with Crippen LogP contribution in [0.5, 0.6) is 0 Å². The van der Waals surface area contributed by atoms with Gasteiger partial charge in [0.25, 0.3) is 17.7 Å². The number of halogens is 1. The third kappa shape index (κ3) is 4.27. The first-order valence-electron chi connectivity index (χ1n) is 9.08. The zero-order chi connectivity index (χ0) is 21.8. The van der Waals surface area contributed by atoms with Gasteiger partial charge in [-0.1, -0.05) is 18.2 Å². The number of fused-ring (bicyclic) bond motifs is 1. The minimum absolute atomic E-state index is 0.0596. The van der Waals surface area contributed by atoms with Crippen molar-refractivity contribution in [3.8, 4) is 0 Å². The fourth-order valence-corrected chi connectivity index (χ4v) is 2.99. The van der Waals surface area contributed by atoms with Crippen molar-refractivity contribution < 1.29 is 28.3 Å². The van der Waals surface area contributed by atoms with Gasteiger partial charge >= 0.3 is 5.97 Å². The van der Waals surface area contributed by atoms with Crippen molar-refractivity contribution in [3.05, 3.63) is 83.2 Å². The summed E-state index contributed by atoms with van der Waals surface area (Å²) in [5, 5.41) is 0. The third-order valence-electron chi connectivity index (χ3n) is 4.60. The quantitative estimate of drug-likeness (QED) is 0.398. The number of benzene rings is 2. The highest BCUT2D eigenvalue weighted by Crippen LogP contribution is 2.24. The second-order valence-corrected chi connectivity index (χ2v) is 6.72. The van der Waals surface area contributed by atoms with Crippen molar-refractivity contribution in [2.45, 2.75) is 6.54 Å². The second-order valence-electron chi connectivity index (χ2n) is 6.72. The van der Waals surface area contributed by atoms with Crippen LogP contribution in [0, 0.1) is 5.82 Å². The Morgan fingerprint density at radius 2 is 1.77 bits per heavy atom. The molecule has 2 aromatic rings. The van der Waals surface area contributed by atoms with Gasteiger partial charge in [-0.15, -0.1) is 6.58 Å². The molecule has 0 aliphatic carbocycles. The largest absolute Gasteiger partial charge is 0.452 e. The molecule has 0 bridgehead atoms. The van der Waals surface area contributed by atoms with E-state index in [1.165, 1.54) is 48.4 Å². The third-order valence-corrected chi connectivity index (χ3v) is 4.60. The van der Waals surface area contributed by atoms with Crippen molar-refractivity contribution >= 4 is 23.7 Å². The lowest BCUT2D eigenvalue weighted by atomic mass is 10.1. The minimum atomic E-state index is -0.788. The number of carbonyl (C=O) groups excluding carboxylic acids is 4. The van der Waals surface area contributed by atoms with Gasteiger partial charge in [-0.3, -0.25) is 19.3 Å². The van der Waals surface area contributed by atoms with E-state index < -0.39 is 30.3 Å². The zero-order valence-electron chi connectivity index (χ0n) is 16.3. The normalized spacial score (nSPS) is 12.5. The molecule has 0 saturated carbocycles. The maximum absolute atomic E-state index is 13.0. The summed E-state index contributed by atoms with van der Waals surface area (Å²) in [5.41, 5.74) is 1.10. The number of likely N-dealkylation sites (N-methyl/N-ethyl adjacent to an activating group) is 1. The first-order valence-corrected chi connectivity index (χ1v) is 9.08. The second kappa shape index (κ2) is 8.69. The molecule has 8 heteroatoms. The lowest BCUT2D eigenvalue weighted by molar-refractivity contribution is -0.133. The van der Waals surface area contributed by atoms with E-state index in [0.717, 1.165) is 10.5 Å². The van der Waals surface area contributed by atoms with Gasteiger partial charge in [-0.05, 0) is 35.9 Å². The Bertz CT molecular complexity index is 1030. The molecule has 0 unspecified atom stereocenters. The van der Waals surface area contributed by atoms with Crippen molar-refractivity contribution in [2.75, 3.05) is 20.2 Å². The van der Waals surface area contributed by atoms with Crippen LogP contribution in [-0.4, -0.2) is 53.7 Å². The van der Waals surface area contributed by atoms with E-state index in [2.05, 4.69) is 6.58 Å². The lowest BCUT2D eigenvalue weighted by Crippen LogP contribution is -2.30. The molecular weight excluding hydrogens is 391 g/mol. The Labute approximate surface area is 172 Å². The molecule has 2 aromatic carbocycles. The molecule has 154 valence electrons. The van der Waals surface area contributed by atoms with Crippen LogP contribution < -0.4 is 0 Å². The molecule has 0 fully saturated rings. The van der Waals surface area contributed by atoms with E-state index >= 15 is 0 Å². The van der Waals surface area contributed by atoms with Crippen LogP contribution in [0.4, 0.5) is 4.39 Å². The predicted molar refractivity (Wildman–Crippen MR) is 105 cm³/mol. The Morgan fingerprint density at radius 3 is 2.43 bits per heavy atom. The Kier molecular flexibility index (Phi) is 6.06. The summed E-state index contributed by atoms with van der Waals surface area (Å²) in [5.74, 6) is -2.57. The number of hydrogen-bond acceptors (Lipinski definition) is 5. The van der Waals surface area contributed by atoms with Gasteiger partial charge in [0.1, 0.15) is 5.82 Å². The number of amides is 3. The van der Waals surface area contributed by atoms with Gasteiger partial charge in [0.2, 0.25) is 0 Å². The molecule has 1 heterocycles. The van der Waals surface area contributed by atoms with Crippen LogP contribution in [0.1, 0.15) is 36.6 Å². The van der Waals surface area contributed by atoms with Gasteiger partial charge in [0.15, 0.2) is 6.61 Å². The van der Waals surface area contributed by atoms with Crippen LogP contribution in [0.3, 0.4) is 0 Å². The van der Waals surface area contributed by atoms with Gasteiger partial charge in [0, 0.05) is 20.1 Å². The molecule has 1 aliphatic heterocycles. The molecule has 30 heavy (non-hydrogen) atoms. The van der Waals surface area contributed by atoms with E-state index in [1.54, 1.807) is 12.1 Å². The number of imide groups is 1. The summed E-state index contributed by atoms with van der Waals surface area (Å²) in [6.45, 7) is 3.31. The number of rotatable bonds is 7. The predicted octanol–water partition coefficient (Wildman–Crippen LogP) is 2.42. The molecule has 0 N–H and O–H groups in total. The first kappa shape index (κ1) is 20.9. The molecule has 0 aromatic heterocycles. The summed E-state index contributed by atoms with van der Waals surface area (Å²) in [6.07, 6.45) is 1.44. The van der Waals surface area contributed by atoms with Crippen molar-refractivity contribution in [1.82, 2.24) is 9.80 Å². The fraction of sp³-hybridized carbons (Fsp3) is 0.182. The smallest absolute Gasteiger partial charge is 0.338 e. The number of esters is 1. The lowest BCUT2D eigenvalue weighted by Gasteiger charge is -2.17. The molecule has 0 atom stereocenters. The number of ether oxygens (including phenoxy) is 1. The Hall–Kier alpha value is -3.81. The monoisotopic (exact) mass is 410 g/mol. The van der Waals surface area contributed by atoms with E-state index in [1.807, 2.05) is 0 Å². The van der Waals surface area contributed by atoms with Crippen LogP contribution in [0.25, 0.3) is 0 Å². The molecule has 0 spiro atoms. The van der Waals surface area contributed by atoms with Crippen molar-refractivity contribution in [1.29, 1.82) is 0 Å². The summed E-state index contributed by atoms with van der Waals surface area (Å²) in [4.78, 5) is 51.4. The number of hydrogen-bond donors (Lipinski definition) is 0. The summed E-state index contributed by atoms with van der Waals surface area (Å²) in [6, 6.07) is 9.75.